The zero-order valence-electron chi connectivity index (χ0n) is 16.2. The maximum Gasteiger partial charge on any atom is 0.335 e. The van der Waals surface area contributed by atoms with Crippen molar-refractivity contribution in [2.24, 2.45) is 5.10 Å². The smallest absolute Gasteiger partial charge is 0.335 e. The van der Waals surface area contributed by atoms with Crippen LogP contribution in [-0.4, -0.2) is 31.7 Å². The Balaban J connectivity index is 1.97. The number of hydrogen-bond acceptors (Lipinski definition) is 7. The number of aryl methyl sites for hydroxylation is 1. The normalized spacial score (nSPS) is 10.9. The first kappa shape index (κ1) is 21.2. The fourth-order valence-electron chi connectivity index (χ4n) is 2.95. The molecule has 11 nitrogen and oxygen atoms in total. The van der Waals surface area contributed by atoms with Crippen LogP contribution in [0.1, 0.15) is 28.4 Å². The Morgan fingerprint density at radius 1 is 1.23 bits per heavy atom. The van der Waals surface area contributed by atoms with Crippen LogP contribution < -0.4 is 16.7 Å². The van der Waals surface area contributed by atoms with Crippen molar-refractivity contribution in [1.29, 1.82) is 0 Å². The van der Waals surface area contributed by atoms with Crippen molar-refractivity contribution in [2.45, 2.75) is 13.3 Å². The number of carbonyl (C=O) groups excluding carboxylic acids is 1. The topological polar surface area (TPSA) is 160 Å². The molecule has 1 amide bonds. The van der Waals surface area contributed by atoms with Crippen LogP contribution in [0.25, 0.3) is 5.69 Å². The van der Waals surface area contributed by atoms with Crippen molar-refractivity contribution in [3.05, 3.63) is 96.2 Å². The molecule has 0 fully saturated rings. The number of nitrogens with zero attached hydrogens (tertiary/aromatic N) is 3. The van der Waals surface area contributed by atoms with Crippen LogP contribution in [0.3, 0.4) is 0 Å². The molecule has 0 saturated heterocycles. The first-order chi connectivity index (χ1) is 14.8. The van der Waals surface area contributed by atoms with Crippen LogP contribution in [0.4, 0.5) is 5.69 Å². The zero-order valence-corrected chi connectivity index (χ0v) is 16.2. The Hall–Kier alpha value is -4.54. The first-order valence-corrected chi connectivity index (χ1v) is 9.08. The van der Waals surface area contributed by atoms with Gasteiger partial charge in [-0.05, 0) is 24.1 Å². The number of aromatic nitrogens is 2. The van der Waals surface area contributed by atoms with E-state index in [0.717, 1.165) is 22.4 Å². The Morgan fingerprint density at radius 3 is 2.61 bits per heavy atom. The number of aromatic hydroxyl groups is 1. The summed E-state index contributed by atoms with van der Waals surface area (Å²) in [6, 6.07) is 12.1. The summed E-state index contributed by atoms with van der Waals surface area (Å²) in [5, 5.41) is 25.2. The number of amides is 1. The van der Waals surface area contributed by atoms with Gasteiger partial charge in [0.25, 0.3) is 17.2 Å². The average Bonchev–Trinajstić information content (AvgIpc) is 2.76. The van der Waals surface area contributed by atoms with Crippen LogP contribution >= 0.6 is 0 Å². The summed E-state index contributed by atoms with van der Waals surface area (Å²) in [6.07, 6.45) is 1.42. The number of nitro groups is 1. The van der Waals surface area contributed by atoms with Crippen LogP contribution in [0, 0.1) is 10.1 Å². The minimum atomic E-state index is -0.920. The molecule has 3 rings (SSSR count). The highest BCUT2D eigenvalue weighted by Gasteiger charge is 2.19. The van der Waals surface area contributed by atoms with Gasteiger partial charge in [-0.1, -0.05) is 37.3 Å². The molecule has 158 valence electrons. The van der Waals surface area contributed by atoms with Crippen LogP contribution in [0.2, 0.25) is 0 Å². The molecule has 0 bridgehead atoms. The summed E-state index contributed by atoms with van der Waals surface area (Å²) in [4.78, 5) is 49.1. The van der Waals surface area contributed by atoms with Gasteiger partial charge in [-0.3, -0.25) is 24.7 Å². The standard InChI is InChI=1S/C20H17N5O6/c1-2-12-7-3-5-9-15(12)24-19(28)14(17(26)22-20(24)29)11-21-23-18(27)13-8-4-6-10-16(13)25(30)31/h3-11,28H,2H2,1H3,(H,23,27)(H,22,26,29). The van der Waals surface area contributed by atoms with Crippen molar-refractivity contribution in [1.82, 2.24) is 15.0 Å². The molecule has 0 aliphatic carbocycles. The fourth-order valence-corrected chi connectivity index (χ4v) is 2.95. The minimum absolute atomic E-state index is 0.232. The fraction of sp³-hybridized carbons (Fsp3) is 0.100. The van der Waals surface area contributed by atoms with Crippen molar-refractivity contribution in [3.8, 4) is 11.6 Å². The van der Waals surface area contributed by atoms with Gasteiger partial charge in [0.15, 0.2) is 0 Å². The Kier molecular flexibility index (Phi) is 6.05. The van der Waals surface area contributed by atoms with Crippen LogP contribution in [0.5, 0.6) is 5.88 Å². The maximum atomic E-state index is 12.3. The molecule has 0 radical (unpaired) electrons. The third-order valence-electron chi connectivity index (χ3n) is 4.44. The van der Waals surface area contributed by atoms with Gasteiger partial charge >= 0.3 is 5.69 Å². The lowest BCUT2D eigenvalue weighted by molar-refractivity contribution is -0.385. The second kappa shape index (κ2) is 8.86. The summed E-state index contributed by atoms with van der Waals surface area (Å²) in [5.41, 5.74) is 0.403. The highest BCUT2D eigenvalue weighted by Crippen LogP contribution is 2.20. The monoisotopic (exact) mass is 423 g/mol. The number of hydrazone groups is 1. The van der Waals surface area contributed by atoms with E-state index in [9.17, 15) is 29.6 Å². The summed E-state index contributed by atoms with van der Waals surface area (Å²) in [5.74, 6) is -1.55. The van der Waals surface area contributed by atoms with Crippen molar-refractivity contribution >= 4 is 17.8 Å². The molecule has 3 N–H and O–H groups in total. The van der Waals surface area contributed by atoms with Gasteiger partial charge in [0.1, 0.15) is 11.1 Å². The van der Waals surface area contributed by atoms with Crippen molar-refractivity contribution in [2.75, 3.05) is 0 Å². The van der Waals surface area contributed by atoms with Crippen molar-refractivity contribution in [3.63, 3.8) is 0 Å². The van der Waals surface area contributed by atoms with Gasteiger partial charge in [0.2, 0.25) is 5.88 Å². The number of carbonyl (C=O) groups is 1. The van der Waals surface area contributed by atoms with Gasteiger partial charge in [-0.15, -0.1) is 0 Å². The first-order valence-electron chi connectivity index (χ1n) is 9.08. The average molecular weight is 423 g/mol. The second-order valence-electron chi connectivity index (χ2n) is 6.29. The van der Waals surface area contributed by atoms with E-state index in [0.29, 0.717) is 12.1 Å². The van der Waals surface area contributed by atoms with E-state index >= 15 is 0 Å². The molecular weight excluding hydrogens is 406 g/mol. The molecule has 0 atom stereocenters. The lowest BCUT2D eigenvalue weighted by Crippen LogP contribution is -2.32. The Morgan fingerprint density at radius 2 is 1.90 bits per heavy atom. The molecule has 31 heavy (non-hydrogen) atoms. The van der Waals surface area contributed by atoms with E-state index in [4.69, 9.17) is 0 Å². The number of para-hydroxylation sites is 2. The minimum Gasteiger partial charge on any atom is -0.493 e. The number of benzene rings is 2. The molecule has 11 heteroatoms. The van der Waals surface area contributed by atoms with Gasteiger partial charge in [0.05, 0.1) is 16.8 Å². The maximum absolute atomic E-state index is 12.3. The lowest BCUT2D eigenvalue weighted by Gasteiger charge is -2.13. The van der Waals surface area contributed by atoms with Gasteiger partial charge < -0.3 is 5.11 Å². The van der Waals surface area contributed by atoms with E-state index in [1.165, 1.54) is 18.2 Å². The number of aromatic amines is 1. The third-order valence-corrected chi connectivity index (χ3v) is 4.44. The highest BCUT2D eigenvalue weighted by atomic mass is 16.6. The van der Waals surface area contributed by atoms with E-state index in [1.54, 1.807) is 24.3 Å². The summed E-state index contributed by atoms with van der Waals surface area (Å²) in [7, 11) is 0. The number of nitro benzene ring substituents is 1. The van der Waals surface area contributed by atoms with Crippen LogP contribution in [-0.2, 0) is 6.42 Å². The molecule has 2 aromatic carbocycles. The van der Waals surface area contributed by atoms with E-state index in [-0.39, 0.29) is 11.1 Å². The molecule has 0 saturated carbocycles. The predicted octanol–water partition coefficient (Wildman–Crippen LogP) is 1.47. The summed E-state index contributed by atoms with van der Waals surface area (Å²) >= 11 is 0. The molecule has 0 aliphatic rings. The lowest BCUT2D eigenvalue weighted by atomic mass is 10.1. The number of nitrogens with one attached hydrogen (secondary N) is 2. The number of H-pyrrole nitrogens is 1. The Labute approximate surface area is 174 Å². The summed E-state index contributed by atoms with van der Waals surface area (Å²) in [6.45, 7) is 1.87. The van der Waals surface area contributed by atoms with Gasteiger partial charge in [-0.25, -0.2) is 14.8 Å². The molecule has 0 aliphatic heterocycles. The molecule has 1 aromatic heterocycles. The van der Waals surface area contributed by atoms with Gasteiger partial charge in [-0.2, -0.15) is 5.10 Å². The molecule has 0 spiro atoms. The van der Waals surface area contributed by atoms with E-state index in [1.807, 2.05) is 6.92 Å². The second-order valence-corrected chi connectivity index (χ2v) is 6.29. The van der Waals surface area contributed by atoms with Gasteiger partial charge in [0, 0.05) is 6.07 Å². The zero-order chi connectivity index (χ0) is 22.5. The predicted molar refractivity (Wildman–Crippen MR) is 112 cm³/mol. The van der Waals surface area contributed by atoms with Crippen LogP contribution in [0.15, 0.2) is 63.2 Å². The summed E-state index contributed by atoms with van der Waals surface area (Å²) < 4.78 is 0.922. The van der Waals surface area contributed by atoms with E-state index in [2.05, 4.69) is 15.5 Å². The molecule has 0 unspecified atom stereocenters. The number of rotatable bonds is 6. The molecule has 3 aromatic rings. The largest absolute Gasteiger partial charge is 0.493 e. The number of hydrogen-bond donors (Lipinski definition) is 3. The molecular formula is C20H17N5O6. The quantitative estimate of drug-likeness (QED) is 0.309. The van der Waals surface area contributed by atoms with Crippen molar-refractivity contribution < 1.29 is 14.8 Å². The third kappa shape index (κ3) is 4.24. The Bertz CT molecular complexity index is 1310. The molecule has 1 heterocycles. The highest BCUT2D eigenvalue weighted by molar-refractivity contribution is 5.98. The van der Waals surface area contributed by atoms with E-state index < -0.39 is 33.6 Å². The SMILES string of the molecule is CCc1ccccc1-n1c(O)c(C=NNC(=O)c2ccccc2[N+](=O)[O-])c(=O)[nH]c1=O.